The molecule has 104 valence electrons. The fraction of sp³-hybridized carbons (Fsp3) is 0.812. The van der Waals surface area contributed by atoms with Crippen LogP contribution in [0.5, 0.6) is 0 Å². The lowest BCUT2D eigenvalue weighted by atomic mass is 10.1. The largest absolute Gasteiger partial charge is 0.332 e. The number of unbranched alkanes of at least 4 members (excludes halogenated alkanes) is 5. The highest BCUT2D eigenvalue weighted by molar-refractivity contribution is 4.95. The average Bonchev–Trinajstić information content (AvgIpc) is 2.80. The lowest BCUT2D eigenvalue weighted by molar-refractivity contribution is 0.394. The van der Waals surface area contributed by atoms with Gasteiger partial charge >= 0.3 is 0 Å². The monoisotopic (exact) mass is 250 g/mol. The Balaban J connectivity index is 2.32. The van der Waals surface area contributed by atoms with E-state index in [1.807, 2.05) is 6.20 Å². The standard InChI is InChI=1S/C16H30N2/c1-5-6-7-8-9-10-11-16-17-12-13-18(16)15(4)14(2)3/h12-15H,5-11H2,1-4H3. The highest BCUT2D eigenvalue weighted by Gasteiger charge is 2.12. The molecule has 0 aliphatic heterocycles. The van der Waals surface area contributed by atoms with E-state index in [0.717, 1.165) is 6.42 Å². The smallest absolute Gasteiger partial charge is 0.108 e. The van der Waals surface area contributed by atoms with Gasteiger partial charge in [0.25, 0.3) is 0 Å². The molecule has 0 saturated heterocycles. The van der Waals surface area contributed by atoms with Crippen LogP contribution in [0.4, 0.5) is 0 Å². The number of rotatable bonds is 9. The Morgan fingerprint density at radius 3 is 2.39 bits per heavy atom. The summed E-state index contributed by atoms with van der Waals surface area (Å²) < 4.78 is 2.36. The van der Waals surface area contributed by atoms with Crippen molar-refractivity contribution in [1.82, 2.24) is 9.55 Å². The van der Waals surface area contributed by atoms with Crippen molar-refractivity contribution in [3.8, 4) is 0 Å². The van der Waals surface area contributed by atoms with Gasteiger partial charge in [0.05, 0.1) is 0 Å². The fourth-order valence-corrected chi connectivity index (χ4v) is 2.29. The van der Waals surface area contributed by atoms with E-state index in [1.54, 1.807) is 0 Å². The van der Waals surface area contributed by atoms with Crippen LogP contribution < -0.4 is 0 Å². The third kappa shape index (κ3) is 4.83. The minimum Gasteiger partial charge on any atom is -0.332 e. The molecule has 0 N–H and O–H groups in total. The molecule has 0 aliphatic rings. The molecule has 0 saturated carbocycles. The van der Waals surface area contributed by atoms with E-state index in [0.29, 0.717) is 12.0 Å². The molecule has 0 aliphatic carbocycles. The average molecular weight is 250 g/mol. The summed E-state index contributed by atoms with van der Waals surface area (Å²) in [6.07, 6.45) is 13.4. The molecule has 1 aromatic rings. The molecule has 0 fully saturated rings. The maximum absolute atomic E-state index is 4.52. The Morgan fingerprint density at radius 2 is 1.72 bits per heavy atom. The van der Waals surface area contributed by atoms with Gasteiger partial charge in [-0.3, -0.25) is 0 Å². The molecule has 18 heavy (non-hydrogen) atoms. The second-order valence-corrected chi connectivity index (χ2v) is 5.75. The van der Waals surface area contributed by atoms with Crippen molar-refractivity contribution in [3.05, 3.63) is 18.2 Å². The van der Waals surface area contributed by atoms with Crippen molar-refractivity contribution in [1.29, 1.82) is 0 Å². The molecule has 0 radical (unpaired) electrons. The molecule has 1 unspecified atom stereocenters. The summed E-state index contributed by atoms with van der Waals surface area (Å²) in [6, 6.07) is 0.558. The van der Waals surface area contributed by atoms with Crippen molar-refractivity contribution in [2.45, 2.75) is 78.7 Å². The van der Waals surface area contributed by atoms with E-state index < -0.39 is 0 Å². The summed E-state index contributed by atoms with van der Waals surface area (Å²) in [6.45, 7) is 9.11. The maximum Gasteiger partial charge on any atom is 0.108 e. The Labute approximate surface area is 113 Å². The molecule has 0 bridgehead atoms. The zero-order chi connectivity index (χ0) is 13.4. The molecule has 2 nitrogen and oxygen atoms in total. The predicted octanol–water partition coefficient (Wildman–Crippen LogP) is 5.00. The van der Waals surface area contributed by atoms with Gasteiger partial charge in [0.15, 0.2) is 0 Å². The fourth-order valence-electron chi connectivity index (χ4n) is 2.29. The van der Waals surface area contributed by atoms with Crippen molar-refractivity contribution in [3.63, 3.8) is 0 Å². The van der Waals surface area contributed by atoms with E-state index in [1.165, 1.54) is 44.3 Å². The predicted molar refractivity (Wildman–Crippen MR) is 78.9 cm³/mol. The number of hydrogen-bond acceptors (Lipinski definition) is 1. The third-order valence-corrected chi connectivity index (χ3v) is 3.91. The van der Waals surface area contributed by atoms with Crippen molar-refractivity contribution < 1.29 is 0 Å². The molecule has 0 spiro atoms. The van der Waals surface area contributed by atoms with Gasteiger partial charge in [-0.15, -0.1) is 0 Å². The van der Waals surface area contributed by atoms with Gasteiger partial charge in [-0.05, 0) is 19.3 Å². The van der Waals surface area contributed by atoms with E-state index in [9.17, 15) is 0 Å². The topological polar surface area (TPSA) is 17.8 Å². The van der Waals surface area contributed by atoms with Gasteiger partial charge in [-0.1, -0.05) is 52.9 Å². The normalized spacial score (nSPS) is 13.2. The molecular formula is C16H30N2. The Bertz CT molecular complexity index is 315. The van der Waals surface area contributed by atoms with Crippen LogP contribution in [-0.4, -0.2) is 9.55 Å². The van der Waals surface area contributed by atoms with Gasteiger partial charge in [0, 0.05) is 24.9 Å². The first kappa shape index (κ1) is 15.3. The van der Waals surface area contributed by atoms with Gasteiger partial charge < -0.3 is 4.57 Å². The first-order valence-electron chi connectivity index (χ1n) is 7.68. The van der Waals surface area contributed by atoms with Gasteiger partial charge in [0.1, 0.15) is 5.82 Å². The van der Waals surface area contributed by atoms with Crippen LogP contribution in [0.25, 0.3) is 0 Å². The summed E-state index contributed by atoms with van der Waals surface area (Å²) >= 11 is 0. The number of aryl methyl sites for hydroxylation is 1. The lowest BCUT2D eigenvalue weighted by Crippen LogP contribution is -2.13. The molecular weight excluding hydrogens is 220 g/mol. The minimum atomic E-state index is 0.558. The summed E-state index contributed by atoms with van der Waals surface area (Å²) in [5.74, 6) is 1.94. The van der Waals surface area contributed by atoms with E-state index in [4.69, 9.17) is 0 Å². The first-order chi connectivity index (χ1) is 8.66. The zero-order valence-electron chi connectivity index (χ0n) is 12.7. The summed E-state index contributed by atoms with van der Waals surface area (Å²) in [5, 5.41) is 0. The van der Waals surface area contributed by atoms with E-state index in [2.05, 4.69) is 43.4 Å². The minimum absolute atomic E-state index is 0.558. The first-order valence-corrected chi connectivity index (χ1v) is 7.68. The Kier molecular flexibility index (Phi) is 7.07. The zero-order valence-corrected chi connectivity index (χ0v) is 12.7. The van der Waals surface area contributed by atoms with Crippen LogP contribution in [0, 0.1) is 5.92 Å². The van der Waals surface area contributed by atoms with E-state index in [-0.39, 0.29) is 0 Å². The highest BCUT2D eigenvalue weighted by Crippen LogP contribution is 2.19. The molecule has 0 aromatic carbocycles. The summed E-state index contributed by atoms with van der Waals surface area (Å²) in [5.41, 5.74) is 0. The van der Waals surface area contributed by atoms with Gasteiger partial charge in [-0.25, -0.2) is 4.98 Å². The van der Waals surface area contributed by atoms with Crippen LogP contribution in [0.3, 0.4) is 0 Å². The Morgan fingerprint density at radius 1 is 1.06 bits per heavy atom. The van der Waals surface area contributed by atoms with E-state index >= 15 is 0 Å². The van der Waals surface area contributed by atoms with Crippen molar-refractivity contribution >= 4 is 0 Å². The molecule has 1 aromatic heterocycles. The van der Waals surface area contributed by atoms with Crippen molar-refractivity contribution in [2.24, 2.45) is 5.92 Å². The summed E-state index contributed by atoms with van der Waals surface area (Å²) in [7, 11) is 0. The van der Waals surface area contributed by atoms with Crippen LogP contribution in [0.2, 0.25) is 0 Å². The summed E-state index contributed by atoms with van der Waals surface area (Å²) in [4.78, 5) is 4.52. The highest BCUT2D eigenvalue weighted by atomic mass is 15.1. The Hall–Kier alpha value is -0.790. The van der Waals surface area contributed by atoms with Crippen LogP contribution in [-0.2, 0) is 6.42 Å². The lowest BCUT2D eigenvalue weighted by Gasteiger charge is -2.19. The molecule has 2 heteroatoms. The molecule has 1 rings (SSSR count). The van der Waals surface area contributed by atoms with Gasteiger partial charge in [-0.2, -0.15) is 0 Å². The SMILES string of the molecule is CCCCCCCCc1nccn1C(C)C(C)C. The quantitative estimate of drug-likeness (QED) is 0.564. The molecule has 1 atom stereocenters. The maximum atomic E-state index is 4.52. The number of imidazole rings is 1. The van der Waals surface area contributed by atoms with Crippen LogP contribution in [0.15, 0.2) is 12.4 Å². The number of nitrogens with zero attached hydrogens (tertiary/aromatic N) is 2. The van der Waals surface area contributed by atoms with Gasteiger partial charge in [0.2, 0.25) is 0 Å². The molecule has 0 amide bonds. The second kappa shape index (κ2) is 8.34. The second-order valence-electron chi connectivity index (χ2n) is 5.75. The third-order valence-electron chi connectivity index (χ3n) is 3.91. The molecule has 1 heterocycles. The van der Waals surface area contributed by atoms with Crippen molar-refractivity contribution in [2.75, 3.05) is 0 Å². The number of hydrogen-bond donors (Lipinski definition) is 0. The van der Waals surface area contributed by atoms with Crippen LogP contribution >= 0.6 is 0 Å². The number of aromatic nitrogens is 2. The van der Waals surface area contributed by atoms with Crippen LogP contribution in [0.1, 0.15) is 78.1 Å².